The fourth-order valence-electron chi connectivity index (χ4n) is 1.46. The Morgan fingerprint density at radius 2 is 2.11 bits per heavy atom. The first-order valence-corrected chi connectivity index (χ1v) is 5.87. The zero-order chi connectivity index (χ0) is 12.5. The fraction of sp³-hybridized carbons (Fsp3) is 0. The summed E-state index contributed by atoms with van der Waals surface area (Å²) in [6, 6.07) is 4.54. The van der Waals surface area contributed by atoms with E-state index >= 15 is 0 Å². The average Bonchev–Trinajstić information content (AvgIpc) is 3.01. The highest BCUT2D eigenvalue weighted by Gasteiger charge is 2.16. The summed E-state index contributed by atoms with van der Waals surface area (Å²) in [5, 5.41) is 22.9. The number of para-hydroxylation sites is 1. The Bertz CT molecular complexity index is 679. The Kier molecular flexibility index (Phi) is 2.45. The van der Waals surface area contributed by atoms with Crippen molar-refractivity contribution < 1.29 is 14.7 Å². The summed E-state index contributed by atoms with van der Waals surface area (Å²) in [6.45, 7) is 0. The van der Waals surface area contributed by atoms with Gasteiger partial charge in [-0.1, -0.05) is 11.2 Å². The zero-order valence-electron chi connectivity index (χ0n) is 8.94. The summed E-state index contributed by atoms with van der Waals surface area (Å²) < 4.78 is 5.06. The summed E-state index contributed by atoms with van der Waals surface area (Å²) in [6.07, 6.45) is 1.63. The molecule has 0 saturated carbocycles. The molecule has 0 saturated heterocycles. The van der Waals surface area contributed by atoms with Gasteiger partial charge in [-0.3, -0.25) is 4.98 Å². The first-order valence-electron chi connectivity index (χ1n) is 4.99. The van der Waals surface area contributed by atoms with Gasteiger partial charge in [-0.15, -0.1) is 11.3 Å². The minimum Gasteiger partial charge on any atom is -0.504 e. The number of benzene rings is 1. The molecule has 0 aliphatic carbocycles. The van der Waals surface area contributed by atoms with Gasteiger partial charge in [0.1, 0.15) is 0 Å². The molecule has 2 N–H and O–H groups in total. The van der Waals surface area contributed by atoms with Crippen LogP contribution < -0.4 is 0 Å². The van der Waals surface area contributed by atoms with Gasteiger partial charge in [-0.05, 0) is 12.1 Å². The van der Waals surface area contributed by atoms with Crippen LogP contribution in [0.4, 0.5) is 0 Å². The molecule has 0 bridgehead atoms. The van der Waals surface area contributed by atoms with Crippen LogP contribution in [0, 0.1) is 0 Å². The van der Waals surface area contributed by atoms with E-state index in [-0.39, 0.29) is 17.4 Å². The molecule has 18 heavy (non-hydrogen) atoms. The van der Waals surface area contributed by atoms with Crippen molar-refractivity contribution >= 4 is 11.3 Å². The van der Waals surface area contributed by atoms with Gasteiger partial charge in [0.15, 0.2) is 11.5 Å². The van der Waals surface area contributed by atoms with E-state index in [0.29, 0.717) is 11.4 Å². The van der Waals surface area contributed by atoms with Crippen molar-refractivity contribution in [3.8, 4) is 33.7 Å². The number of aromatic hydroxyl groups is 2. The average molecular weight is 261 g/mol. The topological polar surface area (TPSA) is 92.3 Å². The molecule has 0 atom stereocenters. The molecule has 3 rings (SSSR count). The van der Waals surface area contributed by atoms with E-state index in [1.54, 1.807) is 23.8 Å². The monoisotopic (exact) mass is 261 g/mol. The molecule has 0 radical (unpaired) electrons. The highest BCUT2D eigenvalue weighted by Crippen LogP contribution is 2.35. The van der Waals surface area contributed by atoms with E-state index in [0.717, 1.165) is 4.88 Å². The minimum absolute atomic E-state index is 0.145. The van der Waals surface area contributed by atoms with Gasteiger partial charge in [0, 0.05) is 6.20 Å². The normalized spacial score (nSPS) is 10.7. The van der Waals surface area contributed by atoms with Gasteiger partial charge in [-0.2, -0.15) is 4.98 Å². The van der Waals surface area contributed by atoms with Crippen molar-refractivity contribution in [1.82, 2.24) is 15.1 Å². The van der Waals surface area contributed by atoms with Gasteiger partial charge in [-0.25, -0.2) is 0 Å². The lowest BCUT2D eigenvalue weighted by molar-refractivity contribution is 0.397. The van der Waals surface area contributed by atoms with E-state index in [2.05, 4.69) is 15.1 Å². The molecule has 2 heterocycles. The smallest absolute Gasteiger partial charge is 0.262 e. The predicted octanol–water partition coefficient (Wildman–Crippen LogP) is 2.27. The summed E-state index contributed by atoms with van der Waals surface area (Å²) in [7, 11) is 0. The third-order valence-electron chi connectivity index (χ3n) is 2.32. The van der Waals surface area contributed by atoms with Crippen LogP contribution in [0.1, 0.15) is 0 Å². The van der Waals surface area contributed by atoms with Crippen molar-refractivity contribution in [2.75, 3.05) is 0 Å². The highest BCUT2D eigenvalue weighted by atomic mass is 32.1. The number of phenolic OH excluding ortho intramolecular Hbond substituents is 2. The van der Waals surface area contributed by atoms with Crippen LogP contribution in [0.25, 0.3) is 22.2 Å². The molecule has 0 aliphatic heterocycles. The van der Waals surface area contributed by atoms with Crippen LogP contribution >= 0.6 is 11.3 Å². The van der Waals surface area contributed by atoms with E-state index in [9.17, 15) is 10.2 Å². The van der Waals surface area contributed by atoms with Crippen molar-refractivity contribution in [2.45, 2.75) is 0 Å². The molecule has 90 valence electrons. The SMILES string of the molecule is Oc1cccc(-c2nc(-c3cncs3)no2)c1O. The van der Waals surface area contributed by atoms with Crippen LogP contribution in [0.2, 0.25) is 0 Å². The van der Waals surface area contributed by atoms with Gasteiger partial charge in [0.2, 0.25) is 5.82 Å². The predicted molar refractivity (Wildman–Crippen MR) is 64.2 cm³/mol. The van der Waals surface area contributed by atoms with Crippen LogP contribution in [0.3, 0.4) is 0 Å². The van der Waals surface area contributed by atoms with Crippen LogP contribution in [0.5, 0.6) is 11.5 Å². The summed E-state index contributed by atoms with van der Waals surface area (Å²) in [5.74, 6) is 0.0316. The number of hydrogen-bond acceptors (Lipinski definition) is 7. The second-order valence-corrected chi connectivity index (χ2v) is 4.35. The van der Waals surface area contributed by atoms with Gasteiger partial charge in [0.05, 0.1) is 16.0 Å². The number of hydrogen-bond donors (Lipinski definition) is 2. The number of thiazole rings is 1. The Morgan fingerprint density at radius 3 is 2.89 bits per heavy atom. The molecule has 0 unspecified atom stereocenters. The van der Waals surface area contributed by atoms with Gasteiger partial charge < -0.3 is 14.7 Å². The minimum atomic E-state index is -0.281. The maximum Gasteiger partial charge on any atom is 0.262 e. The van der Waals surface area contributed by atoms with Crippen molar-refractivity contribution in [2.24, 2.45) is 0 Å². The second-order valence-electron chi connectivity index (χ2n) is 3.46. The lowest BCUT2D eigenvalue weighted by Crippen LogP contribution is -1.80. The third-order valence-corrected chi connectivity index (χ3v) is 3.09. The molecule has 2 aromatic heterocycles. The molecule has 0 amide bonds. The summed E-state index contributed by atoms with van der Waals surface area (Å²) >= 11 is 1.38. The van der Waals surface area contributed by atoms with E-state index in [1.807, 2.05) is 0 Å². The van der Waals surface area contributed by atoms with E-state index < -0.39 is 0 Å². The van der Waals surface area contributed by atoms with Crippen molar-refractivity contribution in [1.29, 1.82) is 0 Å². The standard InChI is InChI=1S/C11H7N3O3S/c15-7-3-1-2-6(9(7)16)11-13-10(14-17-11)8-4-12-5-18-8/h1-5,15-16H. The van der Waals surface area contributed by atoms with Crippen LogP contribution in [0.15, 0.2) is 34.4 Å². The Balaban J connectivity index is 2.06. The lowest BCUT2D eigenvalue weighted by Gasteiger charge is -2.00. The lowest BCUT2D eigenvalue weighted by atomic mass is 10.2. The molecule has 3 aromatic rings. The van der Waals surface area contributed by atoms with Crippen molar-refractivity contribution in [3.05, 3.63) is 29.9 Å². The number of rotatable bonds is 2. The second kappa shape index (κ2) is 4.11. The largest absolute Gasteiger partial charge is 0.504 e. The van der Waals surface area contributed by atoms with Crippen LogP contribution in [-0.4, -0.2) is 25.3 Å². The first kappa shape index (κ1) is 10.7. The number of aromatic nitrogens is 3. The fourth-order valence-corrected chi connectivity index (χ4v) is 2.01. The Labute approximate surface area is 105 Å². The summed E-state index contributed by atoms with van der Waals surface area (Å²) in [4.78, 5) is 8.83. The molecular weight excluding hydrogens is 254 g/mol. The molecule has 0 fully saturated rings. The number of nitrogens with zero attached hydrogens (tertiary/aromatic N) is 3. The first-order chi connectivity index (χ1) is 8.75. The molecule has 6 nitrogen and oxygen atoms in total. The molecule has 0 spiro atoms. The van der Waals surface area contributed by atoms with E-state index in [4.69, 9.17) is 4.52 Å². The maximum atomic E-state index is 9.70. The molecule has 1 aromatic carbocycles. The summed E-state index contributed by atoms with van der Waals surface area (Å²) in [5.41, 5.74) is 1.95. The van der Waals surface area contributed by atoms with E-state index in [1.165, 1.54) is 17.4 Å². The molecule has 0 aliphatic rings. The number of phenols is 2. The highest BCUT2D eigenvalue weighted by molar-refractivity contribution is 7.13. The zero-order valence-corrected chi connectivity index (χ0v) is 9.76. The van der Waals surface area contributed by atoms with Gasteiger partial charge >= 0.3 is 0 Å². The quantitative estimate of drug-likeness (QED) is 0.687. The maximum absolute atomic E-state index is 9.70. The Hall–Kier alpha value is -2.41. The van der Waals surface area contributed by atoms with Crippen molar-refractivity contribution in [3.63, 3.8) is 0 Å². The van der Waals surface area contributed by atoms with Gasteiger partial charge in [0.25, 0.3) is 5.89 Å². The third kappa shape index (κ3) is 1.70. The van der Waals surface area contributed by atoms with Crippen LogP contribution in [-0.2, 0) is 0 Å². The molecular formula is C11H7N3O3S. The molecule has 7 heteroatoms. The Morgan fingerprint density at radius 1 is 1.22 bits per heavy atom.